The van der Waals surface area contributed by atoms with Crippen LogP contribution in [0.1, 0.15) is 51.8 Å². The molecule has 0 aliphatic carbocycles. The summed E-state index contributed by atoms with van der Waals surface area (Å²) in [4.78, 5) is 45.2. The number of thioether (sulfide) groups is 1. The lowest BCUT2D eigenvalue weighted by Gasteiger charge is -2.25. The van der Waals surface area contributed by atoms with Gasteiger partial charge in [-0.1, -0.05) is 29.5 Å². The van der Waals surface area contributed by atoms with Crippen LogP contribution < -0.4 is 24.4 Å². The van der Waals surface area contributed by atoms with E-state index in [2.05, 4.69) is 4.99 Å². The van der Waals surface area contributed by atoms with E-state index in [9.17, 15) is 14.4 Å². The SMILES string of the molecule is CCOC(=O)COc1ccc(/C=c2\sc3n(c2=O)[C@@H](c2ccc(SC)cc2)C(C(=O)OC(C)C)=C(C)N=3)cc1OCC. The molecule has 0 N–H and O–H groups in total. The molecule has 42 heavy (non-hydrogen) atoms. The van der Waals surface area contributed by atoms with Gasteiger partial charge in [-0.15, -0.1) is 11.8 Å². The topological polar surface area (TPSA) is 105 Å². The smallest absolute Gasteiger partial charge is 0.344 e. The number of allylic oxidation sites excluding steroid dienone is 1. The van der Waals surface area contributed by atoms with Crippen LogP contribution in [-0.2, 0) is 19.1 Å². The highest BCUT2D eigenvalue weighted by atomic mass is 32.2. The second kappa shape index (κ2) is 13.9. The minimum absolute atomic E-state index is 0.245. The van der Waals surface area contributed by atoms with E-state index in [1.54, 1.807) is 68.3 Å². The van der Waals surface area contributed by atoms with Gasteiger partial charge in [0, 0.05) is 4.90 Å². The Labute approximate surface area is 252 Å². The van der Waals surface area contributed by atoms with E-state index >= 15 is 0 Å². The molecule has 1 aliphatic rings. The fourth-order valence-corrected chi connectivity index (χ4v) is 5.91. The van der Waals surface area contributed by atoms with Crippen molar-refractivity contribution in [2.75, 3.05) is 26.1 Å². The van der Waals surface area contributed by atoms with E-state index in [0.29, 0.717) is 44.3 Å². The number of nitrogens with zero attached hydrogens (tertiary/aromatic N) is 2. The Morgan fingerprint density at radius 2 is 1.81 bits per heavy atom. The first-order valence-electron chi connectivity index (χ1n) is 13.6. The van der Waals surface area contributed by atoms with Gasteiger partial charge >= 0.3 is 11.9 Å². The average Bonchev–Trinajstić information content (AvgIpc) is 3.25. The van der Waals surface area contributed by atoms with Crippen LogP contribution in [0.3, 0.4) is 0 Å². The standard InChI is InChI=1S/C31H34N2O7S2/c1-7-37-24-15-20(9-14-23(24)39-17-26(34)38-8-2)16-25-29(35)33-28(21-10-12-22(41-6)13-11-21)27(30(36)40-18(3)4)19(5)32-31(33)42-25/h9-16,18,28H,7-8,17H2,1-6H3/b25-16-/t28-/m0/s1. The third-order valence-electron chi connectivity index (χ3n) is 6.23. The van der Waals surface area contributed by atoms with Crippen molar-refractivity contribution in [3.05, 3.63) is 84.5 Å². The second-order valence-electron chi connectivity index (χ2n) is 9.54. The molecule has 2 heterocycles. The summed E-state index contributed by atoms with van der Waals surface area (Å²) in [6, 6.07) is 12.3. The van der Waals surface area contributed by atoms with Gasteiger partial charge in [0.25, 0.3) is 5.56 Å². The number of carbonyl (C=O) groups is 2. The van der Waals surface area contributed by atoms with Crippen LogP contribution in [0.2, 0.25) is 0 Å². The Morgan fingerprint density at radius 1 is 1.07 bits per heavy atom. The van der Waals surface area contributed by atoms with E-state index in [4.69, 9.17) is 18.9 Å². The number of carbonyl (C=O) groups excluding carboxylic acids is 2. The Kier molecular flexibility index (Phi) is 10.3. The first kappa shape index (κ1) is 31.1. The highest BCUT2D eigenvalue weighted by molar-refractivity contribution is 7.98. The van der Waals surface area contributed by atoms with Crippen LogP contribution >= 0.6 is 23.1 Å². The molecule has 0 bridgehead atoms. The molecule has 4 rings (SSSR count). The van der Waals surface area contributed by atoms with Crippen molar-refractivity contribution in [3.8, 4) is 11.5 Å². The second-order valence-corrected chi connectivity index (χ2v) is 11.4. The molecule has 0 saturated heterocycles. The summed E-state index contributed by atoms with van der Waals surface area (Å²) < 4.78 is 23.9. The van der Waals surface area contributed by atoms with Crippen LogP contribution in [-0.4, -0.2) is 48.7 Å². The van der Waals surface area contributed by atoms with E-state index in [1.807, 2.05) is 37.4 Å². The molecule has 1 atom stereocenters. The van der Waals surface area contributed by atoms with E-state index in [0.717, 1.165) is 10.5 Å². The number of ether oxygens (including phenoxy) is 4. The fourth-order valence-electron chi connectivity index (χ4n) is 4.45. The van der Waals surface area contributed by atoms with E-state index in [1.165, 1.54) is 11.3 Å². The summed E-state index contributed by atoms with van der Waals surface area (Å²) >= 11 is 2.85. The molecule has 3 aromatic rings. The number of thiazole rings is 1. The van der Waals surface area contributed by atoms with Crippen LogP contribution in [0, 0.1) is 0 Å². The van der Waals surface area contributed by atoms with Crippen LogP contribution in [0.15, 0.2) is 68.4 Å². The number of hydrogen-bond donors (Lipinski definition) is 0. The highest BCUT2D eigenvalue weighted by Crippen LogP contribution is 2.32. The fraction of sp³-hybridized carbons (Fsp3) is 0.355. The molecule has 0 spiro atoms. The first-order chi connectivity index (χ1) is 20.2. The lowest BCUT2D eigenvalue weighted by molar-refractivity contribution is -0.145. The zero-order chi connectivity index (χ0) is 30.4. The first-order valence-corrected chi connectivity index (χ1v) is 15.6. The largest absolute Gasteiger partial charge is 0.490 e. The maximum absolute atomic E-state index is 13.9. The van der Waals surface area contributed by atoms with Gasteiger partial charge in [0.2, 0.25) is 0 Å². The van der Waals surface area contributed by atoms with E-state index in [-0.39, 0.29) is 24.9 Å². The third-order valence-corrected chi connectivity index (χ3v) is 7.96. The molecular formula is C31H34N2O7S2. The number of hydrogen-bond acceptors (Lipinski definition) is 10. The molecule has 0 saturated carbocycles. The molecule has 0 radical (unpaired) electrons. The van der Waals surface area contributed by atoms with Gasteiger partial charge in [0.1, 0.15) is 0 Å². The predicted octanol–water partition coefficient (Wildman–Crippen LogP) is 4.25. The monoisotopic (exact) mass is 610 g/mol. The molecule has 0 amide bonds. The maximum atomic E-state index is 13.9. The van der Waals surface area contributed by atoms with Crippen LogP contribution in [0.5, 0.6) is 11.5 Å². The van der Waals surface area contributed by atoms with Crippen molar-refractivity contribution >= 4 is 41.1 Å². The number of fused-ring (bicyclic) bond motifs is 1. The number of esters is 2. The molecule has 1 aromatic heterocycles. The lowest BCUT2D eigenvalue weighted by atomic mass is 9.96. The molecule has 11 heteroatoms. The number of benzene rings is 2. The van der Waals surface area contributed by atoms with Gasteiger partial charge in [-0.05, 0) is 82.3 Å². The van der Waals surface area contributed by atoms with Gasteiger partial charge in [-0.3, -0.25) is 9.36 Å². The molecular weight excluding hydrogens is 576 g/mol. The van der Waals surface area contributed by atoms with Gasteiger partial charge in [0.05, 0.1) is 41.2 Å². The van der Waals surface area contributed by atoms with Crippen LogP contribution in [0.4, 0.5) is 0 Å². The van der Waals surface area contributed by atoms with Crippen molar-refractivity contribution < 1.29 is 28.5 Å². The lowest BCUT2D eigenvalue weighted by Crippen LogP contribution is -2.40. The number of aromatic nitrogens is 1. The van der Waals surface area contributed by atoms with Crippen LogP contribution in [0.25, 0.3) is 6.08 Å². The molecule has 0 fully saturated rings. The Bertz CT molecular complexity index is 1670. The van der Waals surface area contributed by atoms with Crippen molar-refractivity contribution in [2.45, 2.75) is 51.7 Å². The van der Waals surface area contributed by atoms with Gasteiger partial charge in [-0.2, -0.15) is 0 Å². The zero-order valence-corrected chi connectivity index (χ0v) is 26.1. The maximum Gasteiger partial charge on any atom is 0.344 e. The summed E-state index contributed by atoms with van der Waals surface area (Å²) in [5.41, 5.74) is 2.05. The quantitative estimate of drug-likeness (QED) is 0.235. The summed E-state index contributed by atoms with van der Waals surface area (Å²) in [5, 5.41) is 0. The van der Waals surface area contributed by atoms with Gasteiger partial charge < -0.3 is 18.9 Å². The molecule has 2 aromatic carbocycles. The summed E-state index contributed by atoms with van der Waals surface area (Å²) in [6.07, 6.45) is 3.41. The normalized spacial score (nSPS) is 14.8. The highest BCUT2D eigenvalue weighted by Gasteiger charge is 2.33. The molecule has 0 unspecified atom stereocenters. The van der Waals surface area contributed by atoms with Crippen molar-refractivity contribution in [2.24, 2.45) is 4.99 Å². The summed E-state index contributed by atoms with van der Waals surface area (Å²) in [6.45, 7) is 9.31. The minimum Gasteiger partial charge on any atom is -0.490 e. The Hall–Kier alpha value is -3.83. The van der Waals surface area contributed by atoms with Crippen molar-refractivity contribution in [1.82, 2.24) is 4.57 Å². The van der Waals surface area contributed by atoms with E-state index < -0.39 is 18.0 Å². The van der Waals surface area contributed by atoms with Crippen molar-refractivity contribution in [1.29, 1.82) is 0 Å². The third kappa shape index (κ3) is 6.96. The average molecular weight is 611 g/mol. The Balaban J connectivity index is 1.80. The van der Waals surface area contributed by atoms with Crippen molar-refractivity contribution in [3.63, 3.8) is 0 Å². The van der Waals surface area contributed by atoms with Gasteiger partial charge in [-0.25, -0.2) is 14.6 Å². The molecule has 1 aliphatic heterocycles. The van der Waals surface area contributed by atoms with Gasteiger partial charge in [0.15, 0.2) is 22.9 Å². The molecule has 9 nitrogen and oxygen atoms in total. The molecule has 222 valence electrons. The number of rotatable bonds is 11. The predicted molar refractivity (Wildman–Crippen MR) is 163 cm³/mol. The Morgan fingerprint density at radius 3 is 2.45 bits per heavy atom. The zero-order valence-electron chi connectivity index (χ0n) is 24.5. The summed E-state index contributed by atoms with van der Waals surface area (Å²) in [5.74, 6) is -0.153. The minimum atomic E-state index is -0.691. The summed E-state index contributed by atoms with van der Waals surface area (Å²) in [7, 11) is 0.